The summed E-state index contributed by atoms with van der Waals surface area (Å²) in [7, 11) is 1.62. The highest BCUT2D eigenvalue weighted by molar-refractivity contribution is 5.72. The lowest BCUT2D eigenvalue weighted by molar-refractivity contribution is -0.134. The van der Waals surface area contributed by atoms with Crippen LogP contribution in [-0.2, 0) is 9.53 Å². The smallest absolute Gasteiger partial charge is 0.311 e. The monoisotopic (exact) mass is 238 g/mol. The lowest BCUT2D eigenvalue weighted by atomic mass is 10.3. The van der Waals surface area contributed by atoms with E-state index in [0.29, 0.717) is 31.1 Å². The van der Waals surface area contributed by atoms with Crippen LogP contribution in [0.1, 0.15) is 19.8 Å². The van der Waals surface area contributed by atoms with Gasteiger partial charge in [-0.05, 0) is 18.6 Å². The van der Waals surface area contributed by atoms with Gasteiger partial charge in [0.1, 0.15) is 18.1 Å². The van der Waals surface area contributed by atoms with Crippen molar-refractivity contribution < 1.29 is 19.0 Å². The van der Waals surface area contributed by atoms with Gasteiger partial charge >= 0.3 is 5.97 Å². The van der Waals surface area contributed by atoms with Crippen molar-refractivity contribution in [1.29, 1.82) is 0 Å². The van der Waals surface area contributed by atoms with Crippen LogP contribution in [0.5, 0.6) is 11.5 Å². The van der Waals surface area contributed by atoms with Gasteiger partial charge in [-0.2, -0.15) is 0 Å². The van der Waals surface area contributed by atoms with Gasteiger partial charge in [0.25, 0.3) is 0 Å². The molecule has 0 N–H and O–H groups in total. The highest BCUT2D eigenvalue weighted by Crippen LogP contribution is 2.19. The zero-order valence-corrected chi connectivity index (χ0v) is 10.3. The van der Waals surface area contributed by atoms with E-state index >= 15 is 0 Å². The van der Waals surface area contributed by atoms with Gasteiger partial charge in [0.05, 0.1) is 6.61 Å². The minimum Gasteiger partial charge on any atom is -0.491 e. The van der Waals surface area contributed by atoms with Crippen LogP contribution in [0.4, 0.5) is 0 Å². The molecule has 0 heterocycles. The van der Waals surface area contributed by atoms with Crippen molar-refractivity contribution in [2.45, 2.75) is 19.8 Å². The fraction of sp³-hybridized carbons (Fsp3) is 0.462. The summed E-state index contributed by atoms with van der Waals surface area (Å²) < 4.78 is 15.4. The first-order valence-electron chi connectivity index (χ1n) is 5.68. The highest BCUT2D eigenvalue weighted by atomic mass is 16.5. The second-order valence-electron chi connectivity index (χ2n) is 3.54. The van der Waals surface area contributed by atoms with Crippen LogP contribution in [0.15, 0.2) is 24.3 Å². The molecule has 0 atom stereocenters. The topological polar surface area (TPSA) is 44.8 Å². The lowest BCUT2D eigenvalue weighted by Crippen LogP contribution is -2.07. The molecule has 0 amide bonds. The molecule has 0 aliphatic rings. The predicted molar refractivity (Wildman–Crippen MR) is 64.4 cm³/mol. The van der Waals surface area contributed by atoms with Gasteiger partial charge in [0.15, 0.2) is 0 Å². The Morgan fingerprint density at radius 2 is 2.00 bits per heavy atom. The van der Waals surface area contributed by atoms with E-state index in [2.05, 4.69) is 0 Å². The molecule has 0 aromatic heterocycles. The molecule has 0 saturated heterocycles. The van der Waals surface area contributed by atoms with E-state index < -0.39 is 0 Å². The standard InChI is InChI=1S/C13H18O4/c1-3-5-13(14)17-12-7-4-6-11(10-12)16-9-8-15-2/h4,6-7,10H,3,5,8-9H2,1-2H3. The van der Waals surface area contributed by atoms with E-state index in [0.717, 1.165) is 6.42 Å². The number of hydrogen-bond donors (Lipinski definition) is 0. The minimum atomic E-state index is -0.221. The van der Waals surface area contributed by atoms with Gasteiger partial charge < -0.3 is 14.2 Å². The number of methoxy groups -OCH3 is 1. The Kier molecular flexibility index (Phi) is 6.10. The molecule has 4 nitrogen and oxygen atoms in total. The van der Waals surface area contributed by atoms with Crippen molar-refractivity contribution in [2.24, 2.45) is 0 Å². The Morgan fingerprint density at radius 1 is 1.24 bits per heavy atom. The Hall–Kier alpha value is -1.55. The van der Waals surface area contributed by atoms with Crippen LogP contribution in [0.2, 0.25) is 0 Å². The molecule has 0 aliphatic heterocycles. The maximum Gasteiger partial charge on any atom is 0.311 e. The summed E-state index contributed by atoms with van der Waals surface area (Å²) >= 11 is 0. The lowest BCUT2D eigenvalue weighted by Gasteiger charge is -2.07. The molecule has 0 bridgehead atoms. The van der Waals surface area contributed by atoms with Crippen molar-refractivity contribution in [2.75, 3.05) is 20.3 Å². The number of hydrogen-bond acceptors (Lipinski definition) is 4. The predicted octanol–water partition coefficient (Wildman–Crippen LogP) is 2.42. The van der Waals surface area contributed by atoms with Gasteiger partial charge in [0, 0.05) is 19.6 Å². The normalized spacial score (nSPS) is 10.0. The first kappa shape index (κ1) is 13.5. The molecular weight excluding hydrogens is 220 g/mol. The molecule has 0 unspecified atom stereocenters. The van der Waals surface area contributed by atoms with Crippen molar-refractivity contribution in [3.05, 3.63) is 24.3 Å². The molecule has 1 aromatic carbocycles. The number of carbonyl (C=O) groups excluding carboxylic acids is 1. The van der Waals surface area contributed by atoms with E-state index in [-0.39, 0.29) is 5.97 Å². The van der Waals surface area contributed by atoms with E-state index in [4.69, 9.17) is 14.2 Å². The molecule has 1 aromatic rings. The first-order valence-corrected chi connectivity index (χ1v) is 5.68. The number of rotatable bonds is 7. The molecule has 94 valence electrons. The fourth-order valence-electron chi connectivity index (χ4n) is 1.26. The molecule has 0 spiro atoms. The Morgan fingerprint density at radius 3 is 2.71 bits per heavy atom. The largest absolute Gasteiger partial charge is 0.491 e. The average molecular weight is 238 g/mol. The summed E-state index contributed by atoms with van der Waals surface area (Å²) in [5.74, 6) is 0.962. The molecule has 4 heteroatoms. The average Bonchev–Trinajstić information content (AvgIpc) is 2.30. The van der Waals surface area contributed by atoms with Crippen molar-refractivity contribution in [3.63, 3.8) is 0 Å². The number of esters is 1. The van der Waals surface area contributed by atoms with Crippen molar-refractivity contribution in [1.82, 2.24) is 0 Å². The van der Waals surface area contributed by atoms with Gasteiger partial charge in [-0.1, -0.05) is 13.0 Å². The van der Waals surface area contributed by atoms with Crippen LogP contribution >= 0.6 is 0 Å². The third-order valence-electron chi connectivity index (χ3n) is 2.05. The fourth-order valence-corrected chi connectivity index (χ4v) is 1.26. The number of ether oxygens (including phenoxy) is 3. The third-order valence-corrected chi connectivity index (χ3v) is 2.05. The zero-order chi connectivity index (χ0) is 12.5. The summed E-state index contributed by atoms with van der Waals surface area (Å²) in [5.41, 5.74) is 0. The third kappa shape index (κ3) is 5.36. The van der Waals surface area contributed by atoms with Crippen LogP contribution < -0.4 is 9.47 Å². The van der Waals surface area contributed by atoms with Crippen molar-refractivity contribution in [3.8, 4) is 11.5 Å². The summed E-state index contributed by atoms with van der Waals surface area (Å²) in [4.78, 5) is 11.3. The van der Waals surface area contributed by atoms with Gasteiger partial charge in [-0.15, -0.1) is 0 Å². The van der Waals surface area contributed by atoms with Gasteiger partial charge in [-0.3, -0.25) is 4.79 Å². The molecular formula is C13H18O4. The van der Waals surface area contributed by atoms with E-state index in [1.807, 2.05) is 13.0 Å². The molecule has 0 fully saturated rings. The molecule has 17 heavy (non-hydrogen) atoms. The van der Waals surface area contributed by atoms with E-state index in [1.54, 1.807) is 25.3 Å². The molecule has 0 aliphatic carbocycles. The zero-order valence-electron chi connectivity index (χ0n) is 10.3. The van der Waals surface area contributed by atoms with E-state index in [1.165, 1.54) is 0 Å². The summed E-state index contributed by atoms with van der Waals surface area (Å²) in [6, 6.07) is 7.03. The van der Waals surface area contributed by atoms with Crippen LogP contribution in [-0.4, -0.2) is 26.3 Å². The second kappa shape index (κ2) is 7.68. The summed E-state index contributed by atoms with van der Waals surface area (Å²) in [6.45, 7) is 2.94. The van der Waals surface area contributed by atoms with Crippen molar-refractivity contribution >= 4 is 5.97 Å². The Balaban J connectivity index is 2.50. The number of carbonyl (C=O) groups is 1. The molecule has 1 rings (SSSR count). The van der Waals surface area contributed by atoms with Crippen LogP contribution in [0.3, 0.4) is 0 Å². The SMILES string of the molecule is CCCC(=O)Oc1cccc(OCCOC)c1. The maximum absolute atomic E-state index is 11.3. The maximum atomic E-state index is 11.3. The van der Waals surface area contributed by atoms with E-state index in [9.17, 15) is 4.79 Å². The van der Waals surface area contributed by atoms with Gasteiger partial charge in [0.2, 0.25) is 0 Å². The van der Waals surface area contributed by atoms with Gasteiger partial charge in [-0.25, -0.2) is 0 Å². The first-order chi connectivity index (χ1) is 8.26. The number of benzene rings is 1. The summed E-state index contributed by atoms with van der Waals surface area (Å²) in [6.07, 6.45) is 1.21. The molecule has 0 saturated carbocycles. The summed E-state index contributed by atoms with van der Waals surface area (Å²) in [5, 5.41) is 0. The van der Waals surface area contributed by atoms with Crippen LogP contribution in [0, 0.1) is 0 Å². The second-order valence-corrected chi connectivity index (χ2v) is 3.54. The Bertz CT molecular complexity index is 349. The van der Waals surface area contributed by atoms with Crippen LogP contribution in [0.25, 0.3) is 0 Å². The quantitative estimate of drug-likeness (QED) is 0.416. The Labute approximate surface area is 101 Å². The highest BCUT2D eigenvalue weighted by Gasteiger charge is 2.04. The molecule has 0 radical (unpaired) electrons. The minimum absolute atomic E-state index is 0.221.